The number of carbonyl (C=O) groups is 17. The summed E-state index contributed by atoms with van der Waals surface area (Å²) in [7, 11) is 0. The molecule has 0 unspecified atom stereocenters. The number of unbranched alkanes of at least 4 members (excludes halogenated alkanes) is 5. The molecule has 36 heteroatoms. The Morgan fingerprint density at radius 1 is 0.642 bits per heavy atom. The lowest BCUT2D eigenvalue weighted by molar-refractivity contribution is -0.150. The minimum absolute atomic E-state index is 0.173. The first kappa shape index (κ1) is 85.5. The van der Waals surface area contributed by atoms with E-state index in [1.807, 2.05) is 17.6 Å². The molecule has 0 aliphatic carbocycles. The van der Waals surface area contributed by atoms with Crippen LogP contribution in [0.15, 0.2) is 103 Å². The van der Waals surface area contributed by atoms with Gasteiger partial charge in [-0.05, 0) is 73.7 Å². The Morgan fingerprint density at radius 2 is 1.25 bits per heavy atom. The van der Waals surface area contributed by atoms with Crippen LogP contribution in [0.1, 0.15) is 126 Å². The van der Waals surface area contributed by atoms with E-state index in [-0.39, 0.29) is 16.7 Å². The molecule has 3 heterocycles. The van der Waals surface area contributed by atoms with E-state index < -0.39 is 249 Å². The van der Waals surface area contributed by atoms with Crippen LogP contribution in [0.2, 0.25) is 0 Å². The van der Waals surface area contributed by atoms with Crippen LogP contribution < -0.4 is 48.3 Å². The van der Waals surface area contributed by atoms with Crippen molar-refractivity contribution in [1.29, 1.82) is 0 Å². The molecule has 36 nitrogen and oxygen atoms in total. The molecule has 0 radical (unpaired) electrons. The Hall–Kier alpha value is -12.5. The monoisotopic (exact) mass is 1520 g/mol. The van der Waals surface area contributed by atoms with E-state index in [2.05, 4.69) is 41.9 Å². The number of para-hydroxylation sites is 2. The van der Waals surface area contributed by atoms with Gasteiger partial charge in [-0.1, -0.05) is 87.2 Å². The number of aliphatic carboxylic acids is 4. The van der Waals surface area contributed by atoms with Crippen LogP contribution in [-0.2, 0) is 92.7 Å². The third-order valence-corrected chi connectivity index (χ3v) is 17.6. The lowest BCUT2D eigenvalue weighted by atomic mass is 9.92. The molecule has 1 saturated heterocycles. The summed E-state index contributed by atoms with van der Waals surface area (Å²) in [5, 5.41) is 90.2. The van der Waals surface area contributed by atoms with Crippen LogP contribution >= 0.6 is 0 Å². The van der Waals surface area contributed by atoms with Gasteiger partial charge in [0.25, 0.3) is 0 Å². The quantitative estimate of drug-likeness (QED) is 0.0186. The number of nitrogens with one attached hydrogen (secondary N) is 10. The van der Waals surface area contributed by atoms with Crippen molar-refractivity contribution in [3.8, 4) is 5.75 Å². The van der Waals surface area contributed by atoms with Crippen molar-refractivity contribution in [3.63, 3.8) is 0 Å². The number of fused-ring (bicyclic) bond motifs is 2. The molecule has 11 atom stereocenters. The Morgan fingerprint density at radius 3 is 1.89 bits per heavy atom. The number of Topliss-reactive ketones (excluding diaryl/α,β-unsaturated/α-hetero) is 2. The minimum atomic E-state index is -2.70. The number of aliphatic hydroxyl groups is 2. The highest BCUT2D eigenvalue weighted by molar-refractivity contribution is 6.06. The molecule has 584 valence electrons. The van der Waals surface area contributed by atoms with E-state index in [0.29, 0.717) is 28.2 Å². The van der Waals surface area contributed by atoms with Gasteiger partial charge in [-0.2, -0.15) is 0 Å². The summed E-state index contributed by atoms with van der Waals surface area (Å²) in [5.74, 6) is -29.0. The zero-order valence-electron chi connectivity index (χ0n) is 59.2. The average Bonchev–Trinajstić information content (AvgIpc) is 1.75. The fourth-order valence-corrected chi connectivity index (χ4v) is 11.7. The number of phenolic OH excluding ortho intramolecular Hbond substituents is 1. The maximum atomic E-state index is 15.4. The summed E-state index contributed by atoms with van der Waals surface area (Å²) in [6.07, 6.45) is -2.16. The van der Waals surface area contributed by atoms with Crippen LogP contribution in [0, 0.1) is 11.8 Å². The van der Waals surface area contributed by atoms with Gasteiger partial charge in [0.2, 0.25) is 53.2 Å². The summed E-state index contributed by atoms with van der Waals surface area (Å²) in [6, 6.07) is 1.69. The Bertz CT molecular complexity index is 4280. The third kappa shape index (κ3) is 26.2. The number of amides is 9. The van der Waals surface area contributed by atoms with Gasteiger partial charge in [-0.15, -0.1) is 0 Å². The first-order chi connectivity index (χ1) is 51.8. The number of allylic oxidation sites excluding steroid dienone is 2. The number of ketones is 3. The van der Waals surface area contributed by atoms with Gasteiger partial charge in [0.05, 0.1) is 56.3 Å². The number of carboxylic acid groups (broad SMARTS) is 4. The van der Waals surface area contributed by atoms with Crippen LogP contribution in [0.4, 0.5) is 0 Å². The normalized spacial score (nSPS) is 21.9. The Balaban J connectivity index is 1.53. The van der Waals surface area contributed by atoms with Gasteiger partial charge in [-0.3, -0.25) is 76.7 Å². The average molecular weight is 1520 g/mol. The number of aromatic hydroxyl groups is 1. The fourth-order valence-electron chi connectivity index (χ4n) is 11.7. The molecule has 109 heavy (non-hydrogen) atoms. The maximum Gasteiger partial charge on any atom is 0.334 e. The Labute approximate surface area is 621 Å². The number of aliphatic hydroxyl groups excluding tert-OH is 2. The van der Waals surface area contributed by atoms with E-state index in [0.717, 1.165) is 69.4 Å². The molecule has 0 bridgehead atoms. The lowest BCUT2D eigenvalue weighted by Gasteiger charge is -2.29. The van der Waals surface area contributed by atoms with Gasteiger partial charge in [-0.25, -0.2) is 4.79 Å². The molecular formula is C73H87N11O25. The molecule has 1 aliphatic heterocycles. The highest BCUT2D eigenvalue weighted by Crippen LogP contribution is 2.26. The van der Waals surface area contributed by atoms with Gasteiger partial charge < -0.3 is 98.7 Å². The molecule has 1 fully saturated rings. The molecule has 0 saturated carbocycles. The van der Waals surface area contributed by atoms with Gasteiger partial charge >= 0.3 is 29.8 Å². The second-order valence-electron chi connectivity index (χ2n) is 25.9. The summed E-state index contributed by atoms with van der Waals surface area (Å²) in [5.41, 5.74) is 5.83. The van der Waals surface area contributed by atoms with Crippen molar-refractivity contribution in [2.24, 2.45) is 17.6 Å². The van der Waals surface area contributed by atoms with E-state index in [4.69, 9.17) is 10.5 Å². The fraction of sp³-hybridized carbons (Fsp3) is 0.411. The zero-order chi connectivity index (χ0) is 80.2. The first-order valence-corrected chi connectivity index (χ1v) is 34.7. The van der Waals surface area contributed by atoms with E-state index in [9.17, 15) is 103 Å². The standard InChI is InChI=1S/C73H87N11O25/c1-3-4-5-6-7-8-9-14-45(87)26-43(36-85)67(102)83-61-37(2)109-73(108)40(25-41-33-75-48-17-12-10-15-46(41)48)29-54(88)50(23-24-57(91)92)78-72(107)63(64(99)65(74)100)82-56(90)35-77-68(103)53(32-60(97)98)81-71(106)62(38-19-21-44(86)22-20-38)84-66(101)39(30-58(93)94)28-55(89)51(31-59(95)96)79-69(104)52(80-70(61)105)27-42-34-76-49-18-13-11-16-47(42)49/h9-22,25,33-34,37,39,43,50-53,61-64,75-76,85-86,99H,3-8,23-24,26-32,35-36H2,1-2H3,(H2,74,100)(H,77,103)(H,78,107)(H,79,104)(H,80,105)(H,81,106)(H,82,90)(H,83,102)(H,84,101)(H,91,92)(H,93,94)(H,95,96)(H,97,98)/b14-9+,40-25+/t37-,39+,43+,50-,51+,52-,53+,61+,62-,63-,64+/m1/s1. The zero-order valence-corrected chi connectivity index (χ0v) is 59.2. The number of phenols is 1. The number of hydrogen-bond donors (Lipinski definition) is 18. The number of esters is 1. The third-order valence-electron chi connectivity index (χ3n) is 17.6. The molecule has 5 aromatic rings. The van der Waals surface area contributed by atoms with Crippen LogP contribution in [0.25, 0.3) is 27.9 Å². The molecule has 2 aromatic heterocycles. The second kappa shape index (κ2) is 41.4. The maximum absolute atomic E-state index is 15.4. The molecule has 19 N–H and O–H groups in total. The van der Waals surface area contributed by atoms with Crippen molar-refractivity contribution >= 4 is 128 Å². The van der Waals surface area contributed by atoms with Gasteiger partial charge in [0, 0.05) is 77.4 Å². The summed E-state index contributed by atoms with van der Waals surface area (Å²) < 4.78 is 5.94. The van der Waals surface area contributed by atoms with Crippen molar-refractivity contribution in [3.05, 3.63) is 120 Å². The minimum Gasteiger partial charge on any atom is -0.508 e. The number of rotatable bonds is 27. The van der Waals surface area contributed by atoms with Gasteiger partial charge in [0.15, 0.2) is 23.5 Å². The molecule has 0 spiro atoms. The number of hydrogen-bond acceptors (Lipinski definition) is 21. The number of cyclic esters (lactones) is 1. The predicted molar refractivity (Wildman–Crippen MR) is 382 cm³/mol. The van der Waals surface area contributed by atoms with Gasteiger partial charge in [0.1, 0.15) is 42.1 Å². The second-order valence-corrected chi connectivity index (χ2v) is 25.9. The molecule has 3 aromatic carbocycles. The van der Waals surface area contributed by atoms with Crippen molar-refractivity contribution in [2.75, 3.05) is 13.2 Å². The van der Waals surface area contributed by atoms with Crippen LogP contribution in [0.3, 0.4) is 0 Å². The SMILES string of the molecule is CCCCCCC/C=C/C(=O)C[C@@H](CO)C(=O)N[C@@H]1C(=O)N[C@H](Cc2c[nH]c3ccccc23)C(=O)N[C@@H](CC(=O)O)C(=O)C[C@@H](CC(=O)O)C(=O)N[C@H](c2ccc(O)cc2)C(=O)N[C@@H](CC(=O)O)C(=O)NCC(=O)N[C@H]([C@H](O)C(N)=O)C(=O)N[C@H](CCC(=O)O)C(=O)C/C(=C\c2c[nH]c3ccccc23)C(=O)O[C@@H]1C. The number of aromatic nitrogens is 2. The first-order valence-electron chi connectivity index (χ1n) is 34.7. The summed E-state index contributed by atoms with van der Waals surface area (Å²) in [4.78, 5) is 242. The number of H-pyrrole nitrogens is 2. The van der Waals surface area contributed by atoms with Crippen molar-refractivity contribution < 1.29 is 122 Å². The molecular weight excluding hydrogens is 1430 g/mol. The van der Waals surface area contributed by atoms with E-state index in [1.54, 1.807) is 54.6 Å². The van der Waals surface area contributed by atoms with E-state index in [1.165, 1.54) is 18.5 Å². The highest BCUT2D eigenvalue weighted by Gasteiger charge is 2.41. The van der Waals surface area contributed by atoms with E-state index >= 15 is 14.4 Å². The summed E-state index contributed by atoms with van der Waals surface area (Å²) >= 11 is 0. The molecule has 1 aliphatic rings. The summed E-state index contributed by atoms with van der Waals surface area (Å²) in [6.45, 7) is 0.766. The van der Waals surface area contributed by atoms with Crippen molar-refractivity contribution in [1.82, 2.24) is 52.5 Å². The smallest absolute Gasteiger partial charge is 0.334 e. The number of nitrogens with two attached hydrogens (primary N) is 1. The molecule has 6 rings (SSSR count). The highest BCUT2D eigenvalue weighted by atomic mass is 16.5. The number of aromatic amines is 2. The number of ether oxygens (including phenoxy) is 1. The Kier molecular flexibility index (Phi) is 32.5. The molecule has 9 amide bonds. The number of benzene rings is 3. The number of carbonyl (C=O) groups excluding carboxylic acids is 13. The largest absolute Gasteiger partial charge is 0.508 e. The van der Waals surface area contributed by atoms with Crippen LogP contribution in [-0.4, -0.2) is 208 Å². The predicted octanol–water partition coefficient (Wildman–Crippen LogP) is -0.0372. The van der Waals surface area contributed by atoms with Crippen LogP contribution in [0.5, 0.6) is 5.75 Å². The number of carboxylic acids is 4. The lowest BCUT2D eigenvalue weighted by Crippen LogP contribution is -2.60. The number of primary amides is 1. The topological polar surface area (TPSA) is 595 Å². The van der Waals surface area contributed by atoms with Crippen molar-refractivity contribution in [2.45, 2.75) is 165 Å².